The Morgan fingerprint density at radius 1 is 1.37 bits per heavy atom. The minimum atomic E-state index is 0.140. The van der Waals surface area contributed by atoms with Gasteiger partial charge in [-0.05, 0) is 32.4 Å². The number of aromatic nitrogens is 1. The summed E-state index contributed by atoms with van der Waals surface area (Å²) in [5, 5.41) is 16.6. The molecule has 0 amide bonds. The lowest BCUT2D eigenvalue weighted by Crippen LogP contribution is -2.21. The molecule has 1 atom stereocenters. The van der Waals surface area contributed by atoms with Gasteiger partial charge < -0.3 is 10.4 Å². The average Bonchev–Trinajstić information content (AvgIpc) is 2.75. The van der Waals surface area contributed by atoms with Crippen LogP contribution in [0, 0.1) is 13.8 Å². The molecule has 0 fully saturated rings. The van der Waals surface area contributed by atoms with Gasteiger partial charge in [-0.15, -0.1) is 11.3 Å². The van der Waals surface area contributed by atoms with E-state index < -0.39 is 0 Å². The Morgan fingerprint density at radius 2 is 2.16 bits per heavy atom. The van der Waals surface area contributed by atoms with E-state index in [1.165, 1.54) is 0 Å². The molecule has 0 spiro atoms. The van der Waals surface area contributed by atoms with Gasteiger partial charge in [0.25, 0.3) is 0 Å². The number of nitrogens with zero attached hydrogens (tertiary/aromatic N) is 1. The molecule has 2 aromatic rings. The molecule has 0 saturated heterocycles. The first-order valence-electron chi connectivity index (χ1n) is 6.50. The molecule has 1 aromatic carbocycles. The summed E-state index contributed by atoms with van der Waals surface area (Å²) < 4.78 is 0. The monoisotopic (exact) mass is 276 g/mol. The predicted molar refractivity (Wildman–Crippen MR) is 79.8 cm³/mol. The van der Waals surface area contributed by atoms with E-state index >= 15 is 0 Å². The molecule has 1 aromatic heterocycles. The first-order chi connectivity index (χ1) is 9.06. The van der Waals surface area contributed by atoms with E-state index in [1.807, 2.05) is 26.0 Å². The molecule has 2 rings (SSSR count). The number of phenolic OH excluding ortho intramolecular Hbond substituents is 1. The van der Waals surface area contributed by atoms with E-state index in [0.29, 0.717) is 5.75 Å². The first-order valence-corrected chi connectivity index (χ1v) is 7.38. The van der Waals surface area contributed by atoms with Gasteiger partial charge in [0, 0.05) is 35.6 Å². The number of hydrogen-bond acceptors (Lipinski definition) is 4. The maximum atomic E-state index is 9.93. The maximum absolute atomic E-state index is 9.93. The van der Waals surface area contributed by atoms with E-state index in [1.54, 1.807) is 17.4 Å². The highest BCUT2D eigenvalue weighted by atomic mass is 32.1. The van der Waals surface area contributed by atoms with Crippen molar-refractivity contribution in [1.82, 2.24) is 10.3 Å². The van der Waals surface area contributed by atoms with Crippen LogP contribution in [0.1, 0.15) is 34.8 Å². The second kappa shape index (κ2) is 6.17. The predicted octanol–water partition coefficient (Wildman–Crippen LogP) is 3.36. The number of benzene rings is 1. The molecule has 102 valence electrons. The quantitative estimate of drug-likeness (QED) is 0.880. The van der Waals surface area contributed by atoms with Crippen molar-refractivity contribution in [2.45, 2.75) is 33.2 Å². The van der Waals surface area contributed by atoms with Crippen molar-refractivity contribution >= 4 is 11.3 Å². The van der Waals surface area contributed by atoms with Crippen molar-refractivity contribution < 1.29 is 5.11 Å². The molecule has 3 nitrogen and oxygen atoms in total. The Hall–Kier alpha value is -1.39. The van der Waals surface area contributed by atoms with Crippen LogP contribution in [0.3, 0.4) is 0 Å². The van der Waals surface area contributed by atoms with Gasteiger partial charge in [0.2, 0.25) is 0 Å². The Balaban J connectivity index is 1.88. The Bertz CT molecular complexity index is 551. The van der Waals surface area contributed by atoms with Gasteiger partial charge in [0.1, 0.15) is 5.75 Å². The number of nitrogens with one attached hydrogen (secondary N) is 1. The zero-order valence-corrected chi connectivity index (χ0v) is 12.4. The fraction of sp³-hybridized carbons (Fsp3) is 0.400. The topological polar surface area (TPSA) is 45.2 Å². The van der Waals surface area contributed by atoms with Crippen LogP contribution in [0.4, 0.5) is 0 Å². The third-order valence-corrected chi connectivity index (χ3v) is 4.13. The van der Waals surface area contributed by atoms with Crippen molar-refractivity contribution in [1.29, 1.82) is 0 Å². The number of aryl methyl sites for hydroxylation is 2. The maximum Gasteiger partial charge on any atom is 0.120 e. The molecule has 0 aliphatic heterocycles. The van der Waals surface area contributed by atoms with Crippen molar-refractivity contribution in [3.05, 3.63) is 45.4 Å². The lowest BCUT2D eigenvalue weighted by Gasteiger charge is -2.15. The summed E-state index contributed by atoms with van der Waals surface area (Å²) in [6.07, 6.45) is 0.926. The zero-order valence-electron chi connectivity index (χ0n) is 11.6. The summed E-state index contributed by atoms with van der Waals surface area (Å²) in [5.74, 6) is 0.366. The Morgan fingerprint density at radius 3 is 2.79 bits per heavy atom. The molecule has 0 saturated carbocycles. The van der Waals surface area contributed by atoms with Crippen LogP contribution in [-0.4, -0.2) is 16.6 Å². The minimum absolute atomic E-state index is 0.140. The molecule has 1 heterocycles. The van der Waals surface area contributed by atoms with E-state index in [-0.39, 0.29) is 6.04 Å². The van der Waals surface area contributed by atoms with Crippen LogP contribution in [-0.2, 0) is 6.42 Å². The molecule has 0 bridgehead atoms. The molecule has 0 aliphatic carbocycles. The zero-order chi connectivity index (χ0) is 13.8. The highest BCUT2D eigenvalue weighted by molar-refractivity contribution is 7.09. The van der Waals surface area contributed by atoms with Crippen molar-refractivity contribution in [2.24, 2.45) is 0 Å². The number of aromatic hydroxyl groups is 1. The van der Waals surface area contributed by atoms with Crippen LogP contribution in [0.5, 0.6) is 5.75 Å². The van der Waals surface area contributed by atoms with E-state index in [9.17, 15) is 5.11 Å². The number of rotatable bonds is 5. The SMILES string of the molecule is Cc1ccc(C(C)NCCc2nc(C)cs2)c(O)c1. The van der Waals surface area contributed by atoms with Gasteiger partial charge in [-0.25, -0.2) is 4.98 Å². The highest BCUT2D eigenvalue weighted by Gasteiger charge is 2.09. The van der Waals surface area contributed by atoms with Gasteiger partial charge in [0.15, 0.2) is 0 Å². The normalized spacial score (nSPS) is 12.6. The molecule has 0 aliphatic rings. The second-order valence-electron chi connectivity index (χ2n) is 4.87. The van der Waals surface area contributed by atoms with Gasteiger partial charge >= 0.3 is 0 Å². The third-order valence-electron chi connectivity index (χ3n) is 3.11. The van der Waals surface area contributed by atoms with Gasteiger partial charge in [-0.1, -0.05) is 12.1 Å². The standard InChI is InChI=1S/C15H20N2OS/c1-10-4-5-13(14(18)8-10)12(3)16-7-6-15-17-11(2)9-19-15/h4-5,8-9,12,16,18H,6-7H2,1-3H3. The molecule has 1 unspecified atom stereocenters. The van der Waals surface area contributed by atoms with Crippen LogP contribution < -0.4 is 5.32 Å². The Kier molecular flexibility index (Phi) is 4.56. The summed E-state index contributed by atoms with van der Waals surface area (Å²) in [7, 11) is 0. The summed E-state index contributed by atoms with van der Waals surface area (Å²) in [4.78, 5) is 4.44. The molecular weight excluding hydrogens is 256 g/mol. The van der Waals surface area contributed by atoms with Gasteiger partial charge in [-0.3, -0.25) is 0 Å². The lowest BCUT2D eigenvalue weighted by molar-refractivity contribution is 0.452. The fourth-order valence-electron chi connectivity index (χ4n) is 2.04. The highest BCUT2D eigenvalue weighted by Crippen LogP contribution is 2.24. The van der Waals surface area contributed by atoms with Crippen molar-refractivity contribution in [2.75, 3.05) is 6.54 Å². The number of thiazole rings is 1. The van der Waals surface area contributed by atoms with Crippen LogP contribution in [0.15, 0.2) is 23.6 Å². The van der Waals surface area contributed by atoms with Crippen LogP contribution >= 0.6 is 11.3 Å². The van der Waals surface area contributed by atoms with Gasteiger partial charge in [-0.2, -0.15) is 0 Å². The van der Waals surface area contributed by atoms with Crippen LogP contribution in [0.25, 0.3) is 0 Å². The molecule has 2 N–H and O–H groups in total. The van der Waals surface area contributed by atoms with E-state index in [0.717, 1.165) is 34.8 Å². The summed E-state index contributed by atoms with van der Waals surface area (Å²) in [5.41, 5.74) is 3.11. The molecule has 0 radical (unpaired) electrons. The largest absolute Gasteiger partial charge is 0.508 e. The van der Waals surface area contributed by atoms with Crippen LogP contribution in [0.2, 0.25) is 0 Å². The van der Waals surface area contributed by atoms with E-state index in [4.69, 9.17) is 0 Å². The first kappa shape index (κ1) is 14.0. The number of phenols is 1. The van der Waals surface area contributed by atoms with Crippen molar-refractivity contribution in [3.8, 4) is 5.75 Å². The lowest BCUT2D eigenvalue weighted by atomic mass is 10.1. The Labute approximate surface area is 118 Å². The molecule has 4 heteroatoms. The summed E-state index contributed by atoms with van der Waals surface area (Å²) in [6.45, 7) is 6.92. The minimum Gasteiger partial charge on any atom is -0.508 e. The summed E-state index contributed by atoms with van der Waals surface area (Å²) in [6, 6.07) is 5.95. The van der Waals surface area contributed by atoms with Gasteiger partial charge in [0.05, 0.1) is 5.01 Å². The van der Waals surface area contributed by atoms with E-state index in [2.05, 4.69) is 22.6 Å². The fourth-order valence-corrected chi connectivity index (χ4v) is 2.82. The smallest absolute Gasteiger partial charge is 0.120 e. The average molecular weight is 276 g/mol. The second-order valence-corrected chi connectivity index (χ2v) is 5.81. The molecular formula is C15H20N2OS. The third kappa shape index (κ3) is 3.78. The van der Waals surface area contributed by atoms with Crippen molar-refractivity contribution in [3.63, 3.8) is 0 Å². The molecule has 19 heavy (non-hydrogen) atoms. The number of hydrogen-bond donors (Lipinski definition) is 2. The summed E-state index contributed by atoms with van der Waals surface area (Å²) >= 11 is 1.70.